The van der Waals surface area contributed by atoms with Gasteiger partial charge in [-0.15, -0.1) is 11.6 Å². The molecule has 1 aliphatic rings. The standard InChI is InChI=1S/C20H30ClN3O3/c1-3-27-13-7-10-22-20(26)17-14-16(23-19(25)15(2)21)8-9-18(17)24-11-5-4-6-12-24/h8-9,14-15H,3-7,10-13H2,1-2H3,(H,22,26)(H,23,25)/t15-/m0/s1. The van der Waals surface area contributed by atoms with Crippen LogP contribution in [-0.4, -0.2) is 50.0 Å². The third-order valence-corrected chi connectivity index (χ3v) is 4.72. The fourth-order valence-corrected chi connectivity index (χ4v) is 3.12. The Morgan fingerprint density at radius 3 is 2.67 bits per heavy atom. The molecule has 1 aromatic carbocycles. The zero-order valence-corrected chi connectivity index (χ0v) is 17.0. The first kappa shape index (κ1) is 21.5. The number of piperidine rings is 1. The molecular formula is C20H30ClN3O3. The second kappa shape index (κ2) is 11.1. The molecule has 150 valence electrons. The molecular weight excluding hydrogens is 366 g/mol. The van der Waals surface area contributed by atoms with Crippen LogP contribution in [0.2, 0.25) is 0 Å². The van der Waals surface area contributed by atoms with Crippen molar-refractivity contribution in [3.63, 3.8) is 0 Å². The van der Waals surface area contributed by atoms with Crippen LogP contribution in [0, 0.1) is 0 Å². The number of alkyl halides is 1. The summed E-state index contributed by atoms with van der Waals surface area (Å²) >= 11 is 5.83. The molecule has 0 aromatic heterocycles. The highest BCUT2D eigenvalue weighted by atomic mass is 35.5. The van der Waals surface area contributed by atoms with E-state index in [9.17, 15) is 9.59 Å². The summed E-state index contributed by atoms with van der Waals surface area (Å²) in [6, 6.07) is 5.47. The smallest absolute Gasteiger partial charge is 0.253 e. The van der Waals surface area contributed by atoms with Gasteiger partial charge in [0.15, 0.2) is 0 Å². The molecule has 0 radical (unpaired) electrons. The van der Waals surface area contributed by atoms with Crippen LogP contribution in [0.3, 0.4) is 0 Å². The number of anilines is 2. The van der Waals surface area contributed by atoms with E-state index in [2.05, 4.69) is 15.5 Å². The Kier molecular flexibility index (Phi) is 8.88. The number of nitrogens with one attached hydrogen (secondary N) is 2. The van der Waals surface area contributed by atoms with Gasteiger partial charge in [-0.3, -0.25) is 9.59 Å². The molecule has 1 saturated heterocycles. The van der Waals surface area contributed by atoms with Gasteiger partial charge in [0.1, 0.15) is 5.38 Å². The molecule has 0 bridgehead atoms. The molecule has 1 aliphatic heterocycles. The van der Waals surface area contributed by atoms with Gasteiger partial charge in [-0.2, -0.15) is 0 Å². The summed E-state index contributed by atoms with van der Waals surface area (Å²) in [5, 5.41) is 5.08. The van der Waals surface area contributed by atoms with Crippen molar-refractivity contribution in [3.05, 3.63) is 23.8 Å². The molecule has 0 saturated carbocycles. The molecule has 2 N–H and O–H groups in total. The third-order valence-electron chi connectivity index (χ3n) is 4.52. The summed E-state index contributed by atoms with van der Waals surface area (Å²) in [6.45, 7) is 7.29. The highest BCUT2D eigenvalue weighted by Gasteiger charge is 2.20. The Hall–Kier alpha value is -1.79. The number of hydrogen-bond donors (Lipinski definition) is 2. The zero-order chi connectivity index (χ0) is 19.6. The van der Waals surface area contributed by atoms with Crippen molar-refractivity contribution in [1.82, 2.24) is 5.32 Å². The van der Waals surface area contributed by atoms with Crippen molar-refractivity contribution in [2.45, 2.75) is 44.9 Å². The van der Waals surface area contributed by atoms with Gasteiger partial charge >= 0.3 is 0 Å². The maximum atomic E-state index is 12.8. The van der Waals surface area contributed by atoms with E-state index in [1.54, 1.807) is 13.0 Å². The van der Waals surface area contributed by atoms with E-state index < -0.39 is 5.38 Å². The summed E-state index contributed by atoms with van der Waals surface area (Å²) < 4.78 is 5.31. The first-order chi connectivity index (χ1) is 13.0. The average Bonchev–Trinajstić information content (AvgIpc) is 2.68. The lowest BCUT2D eigenvalue weighted by Crippen LogP contribution is -2.33. The van der Waals surface area contributed by atoms with Crippen molar-refractivity contribution in [2.75, 3.05) is 43.1 Å². The molecule has 0 unspecified atom stereocenters. The number of benzene rings is 1. The molecule has 7 heteroatoms. The van der Waals surface area contributed by atoms with Crippen LogP contribution >= 0.6 is 11.6 Å². The van der Waals surface area contributed by atoms with Crippen LogP contribution in [-0.2, 0) is 9.53 Å². The van der Waals surface area contributed by atoms with E-state index >= 15 is 0 Å². The summed E-state index contributed by atoms with van der Waals surface area (Å²) in [7, 11) is 0. The maximum absolute atomic E-state index is 12.8. The first-order valence-corrected chi connectivity index (χ1v) is 10.2. The molecule has 27 heavy (non-hydrogen) atoms. The van der Waals surface area contributed by atoms with E-state index in [-0.39, 0.29) is 11.8 Å². The van der Waals surface area contributed by atoms with Crippen molar-refractivity contribution in [2.24, 2.45) is 0 Å². The van der Waals surface area contributed by atoms with E-state index in [4.69, 9.17) is 16.3 Å². The lowest BCUT2D eigenvalue weighted by Gasteiger charge is -2.30. The zero-order valence-electron chi connectivity index (χ0n) is 16.2. The van der Waals surface area contributed by atoms with Crippen LogP contribution in [0.25, 0.3) is 0 Å². The van der Waals surface area contributed by atoms with Crippen molar-refractivity contribution >= 4 is 34.8 Å². The van der Waals surface area contributed by atoms with Gasteiger partial charge in [0.2, 0.25) is 5.91 Å². The Labute approximate surface area is 166 Å². The van der Waals surface area contributed by atoms with Crippen molar-refractivity contribution in [3.8, 4) is 0 Å². The van der Waals surface area contributed by atoms with Gasteiger partial charge < -0.3 is 20.3 Å². The summed E-state index contributed by atoms with van der Waals surface area (Å²) in [4.78, 5) is 26.9. The number of amides is 2. The Bertz CT molecular complexity index is 631. The number of nitrogens with zero attached hydrogens (tertiary/aromatic N) is 1. The first-order valence-electron chi connectivity index (χ1n) is 9.72. The predicted octanol–water partition coefficient (Wildman–Crippen LogP) is 3.40. The Morgan fingerprint density at radius 1 is 1.26 bits per heavy atom. The van der Waals surface area contributed by atoms with Crippen LogP contribution in [0.1, 0.15) is 49.9 Å². The molecule has 1 atom stereocenters. The number of hydrogen-bond acceptors (Lipinski definition) is 4. The Balaban J connectivity index is 2.14. The highest BCUT2D eigenvalue weighted by molar-refractivity contribution is 6.32. The topological polar surface area (TPSA) is 70.7 Å². The van der Waals surface area contributed by atoms with Gasteiger partial charge in [0, 0.05) is 44.2 Å². The fourth-order valence-electron chi connectivity index (χ4n) is 3.06. The molecule has 1 aromatic rings. The van der Waals surface area contributed by atoms with Crippen LogP contribution in [0.15, 0.2) is 18.2 Å². The van der Waals surface area contributed by atoms with E-state index in [1.807, 2.05) is 19.1 Å². The van der Waals surface area contributed by atoms with Gasteiger partial charge in [0.25, 0.3) is 5.91 Å². The summed E-state index contributed by atoms with van der Waals surface area (Å²) in [5.74, 6) is -0.424. The largest absolute Gasteiger partial charge is 0.382 e. The molecule has 0 aliphatic carbocycles. The van der Waals surface area contributed by atoms with Gasteiger partial charge in [-0.1, -0.05) is 0 Å². The van der Waals surface area contributed by atoms with E-state index in [0.717, 1.165) is 38.0 Å². The van der Waals surface area contributed by atoms with Gasteiger partial charge in [-0.25, -0.2) is 0 Å². The minimum Gasteiger partial charge on any atom is -0.382 e. The second-order valence-electron chi connectivity index (χ2n) is 6.69. The number of rotatable bonds is 9. The molecule has 1 heterocycles. The minimum absolute atomic E-state index is 0.137. The number of halogens is 1. The second-order valence-corrected chi connectivity index (χ2v) is 7.35. The minimum atomic E-state index is -0.636. The number of carbonyl (C=O) groups is 2. The molecule has 2 rings (SSSR count). The average molecular weight is 396 g/mol. The van der Waals surface area contributed by atoms with Crippen molar-refractivity contribution in [1.29, 1.82) is 0 Å². The molecule has 1 fully saturated rings. The Morgan fingerprint density at radius 2 is 2.00 bits per heavy atom. The quantitative estimate of drug-likeness (QED) is 0.496. The van der Waals surface area contributed by atoms with Crippen molar-refractivity contribution < 1.29 is 14.3 Å². The van der Waals surface area contributed by atoms with Crippen LogP contribution < -0.4 is 15.5 Å². The highest BCUT2D eigenvalue weighted by Crippen LogP contribution is 2.27. The summed E-state index contributed by atoms with van der Waals surface area (Å²) in [6.07, 6.45) is 4.23. The lowest BCUT2D eigenvalue weighted by atomic mass is 10.1. The van der Waals surface area contributed by atoms with Crippen LogP contribution in [0.4, 0.5) is 11.4 Å². The summed E-state index contributed by atoms with van der Waals surface area (Å²) in [5.41, 5.74) is 2.06. The molecule has 2 amide bonds. The maximum Gasteiger partial charge on any atom is 0.253 e. The predicted molar refractivity (Wildman–Crippen MR) is 110 cm³/mol. The van der Waals surface area contributed by atoms with Gasteiger partial charge in [-0.05, 0) is 57.7 Å². The number of ether oxygens (including phenoxy) is 1. The molecule has 6 nitrogen and oxygen atoms in total. The van der Waals surface area contributed by atoms with E-state index in [1.165, 1.54) is 6.42 Å². The third kappa shape index (κ3) is 6.70. The van der Waals surface area contributed by atoms with Gasteiger partial charge in [0.05, 0.1) is 5.56 Å². The van der Waals surface area contributed by atoms with Crippen LogP contribution in [0.5, 0.6) is 0 Å². The SMILES string of the molecule is CCOCCCNC(=O)c1cc(NC(=O)[C@H](C)Cl)ccc1N1CCCCC1. The fraction of sp³-hybridized carbons (Fsp3) is 0.600. The molecule has 0 spiro atoms. The lowest BCUT2D eigenvalue weighted by molar-refractivity contribution is -0.115. The van der Waals surface area contributed by atoms with E-state index in [0.29, 0.717) is 31.0 Å². The monoisotopic (exact) mass is 395 g/mol. The number of carbonyl (C=O) groups excluding carboxylic acids is 2. The normalized spacial score (nSPS) is 15.3.